The van der Waals surface area contributed by atoms with E-state index in [9.17, 15) is 0 Å². The topological polar surface area (TPSA) is 15.3 Å². The number of allylic oxidation sites excluding steroid dienone is 2. The van der Waals surface area contributed by atoms with E-state index in [0.717, 1.165) is 17.8 Å². The Kier molecular flexibility index (Phi) is 53.3. The lowest BCUT2D eigenvalue weighted by Gasteiger charge is -2.24. The van der Waals surface area contributed by atoms with Crippen molar-refractivity contribution < 1.29 is 0 Å². The lowest BCUT2D eigenvalue weighted by Crippen LogP contribution is -2.24. The van der Waals surface area contributed by atoms with Gasteiger partial charge < -0.3 is 10.2 Å². The van der Waals surface area contributed by atoms with Crippen LogP contribution in [0.1, 0.15) is 336 Å². The largest absolute Gasteiger partial charge is 0.316 e. The van der Waals surface area contributed by atoms with Crippen molar-refractivity contribution in [3.8, 4) is 0 Å². The second-order valence-corrected chi connectivity index (χ2v) is 22.4. The monoisotopic (exact) mass is 899 g/mol. The van der Waals surface area contributed by atoms with Gasteiger partial charge in [0.15, 0.2) is 0 Å². The van der Waals surface area contributed by atoms with Crippen LogP contribution >= 0.6 is 0 Å². The molecular formula is C62H126N2. The lowest BCUT2D eigenvalue weighted by molar-refractivity contribution is 0.290. The van der Waals surface area contributed by atoms with E-state index in [-0.39, 0.29) is 0 Å². The first-order valence-electron chi connectivity index (χ1n) is 30.5. The molecule has 0 fully saturated rings. The van der Waals surface area contributed by atoms with Crippen LogP contribution in [0.5, 0.6) is 0 Å². The van der Waals surface area contributed by atoms with Gasteiger partial charge in [0.05, 0.1) is 0 Å². The highest BCUT2D eigenvalue weighted by Crippen LogP contribution is 2.29. The molecule has 0 rings (SSSR count). The molecule has 0 bridgehead atoms. The average molecular weight is 900 g/mol. The third kappa shape index (κ3) is 51.1. The van der Waals surface area contributed by atoms with Gasteiger partial charge in [-0.25, -0.2) is 0 Å². The van der Waals surface area contributed by atoms with Crippen molar-refractivity contribution in [2.75, 3.05) is 33.7 Å². The van der Waals surface area contributed by atoms with E-state index >= 15 is 0 Å². The van der Waals surface area contributed by atoms with Crippen molar-refractivity contribution in [1.29, 1.82) is 0 Å². The summed E-state index contributed by atoms with van der Waals surface area (Å²) in [6.45, 7) is 15.7. The van der Waals surface area contributed by atoms with Crippen LogP contribution in [0.15, 0.2) is 11.6 Å². The number of hydrogen-bond donors (Lipinski definition) is 1. The quantitative estimate of drug-likeness (QED) is 0.0483. The molecule has 0 aliphatic carbocycles. The van der Waals surface area contributed by atoms with Gasteiger partial charge in [-0.1, -0.05) is 284 Å². The van der Waals surface area contributed by atoms with E-state index in [1.807, 2.05) is 5.57 Å². The lowest BCUT2D eigenvalue weighted by atomic mass is 9.83. The standard InChI is InChI=1S/C62H126N2/c1-8-11-14-17-20-23-24-25-26-27-28-29-31-34-40-45-52-62(57-59(4)56-60(5)58-63-54-47-48-55-64(6)7)53-46-41-36-35-39-44-51-61(49-42-37-32-22-19-16-13-10-3)50-43-38-33-30-21-18-15-12-9-2/h51,59-60,62-63H,8-50,52-58H2,1-7H3. The molecule has 0 saturated heterocycles. The molecule has 0 saturated carbocycles. The summed E-state index contributed by atoms with van der Waals surface area (Å²) in [5, 5.41) is 3.79. The summed E-state index contributed by atoms with van der Waals surface area (Å²) >= 11 is 0. The Labute approximate surface area is 408 Å². The molecule has 0 spiro atoms. The smallest absolute Gasteiger partial charge is 0.00231 e. The molecule has 0 amide bonds. The Morgan fingerprint density at radius 1 is 0.391 bits per heavy atom. The highest BCUT2D eigenvalue weighted by Gasteiger charge is 2.16. The van der Waals surface area contributed by atoms with Gasteiger partial charge in [-0.2, -0.15) is 0 Å². The van der Waals surface area contributed by atoms with Crippen LogP contribution in [0, 0.1) is 17.8 Å². The normalized spacial score (nSPS) is 13.7. The predicted octanol–water partition coefficient (Wildman–Crippen LogP) is 21.3. The van der Waals surface area contributed by atoms with Gasteiger partial charge in [-0.3, -0.25) is 0 Å². The van der Waals surface area contributed by atoms with Crippen molar-refractivity contribution in [1.82, 2.24) is 10.2 Å². The van der Waals surface area contributed by atoms with Crippen molar-refractivity contribution in [2.45, 2.75) is 336 Å². The summed E-state index contributed by atoms with van der Waals surface area (Å²) in [7, 11) is 4.38. The summed E-state index contributed by atoms with van der Waals surface area (Å²) in [4.78, 5) is 2.31. The zero-order valence-corrected chi connectivity index (χ0v) is 46.1. The van der Waals surface area contributed by atoms with E-state index in [2.05, 4.69) is 65.0 Å². The minimum absolute atomic E-state index is 0.792. The highest BCUT2D eigenvalue weighted by atomic mass is 15.0. The number of unbranched alkanes of at least 4 members (excludes halogenated alkanes) is 36. The van der Waals surface area contributed by atoms with Gasteiger partial charge in [0.1, 0.15) is 0 Å². The fraction of sp³-hybridized carbons (Fsp3) is 0.968. The molecule has 3 unspecified atom stereocenters. The van der Waals surface area contributed by atoms with Crippen molar-refractivity contribution in [3.05, 3.63) is 11.6 Å². The Balaban J connectivity index is 4.64. The molecule has 0 aromatic heterocycles. The molecule has 384 valence electrons. The molecule has 64 heavy (non-hydrogen) atoms. The Bertz CT molecular complexity index is 878. The second kappa shape index (κ2) is 53.6. The maximum absolute atomic E-state index is 3.79. The maximum Gasteiger partial charge on any atom is -0.00231 e. The van der Waals surface area contributed by atoms with Crippen LogP contribution in [0.25, 0.3) is 0 Å². The van der Waals surface area contributed by atoms with E-state index in [4.69, 9.17) is 0 Å². The Hall–Kier alpha value is -0.340. The fourth-order valence-electron chi connectivity index (χ4n) is 10.7. The Morgan fingerprint density at radius 2 is 0.750 bits per heavy atom. The van der Waals surface area contributed by atoms with E-state index < -0.39 is 0 Å². The number of nitrogens with zero attached hydrogens (tertiary/aromatic N) is 1. The molecule has 0 heterocycles. The molecule has 0 aliphatic heterocycles. The van der Waals surface area contributed by atoms with E-state index in [1.54, 1.807) is 0 Å². The summed E-state index contributed by atoms with van der Waals surface area (Å²) in [5.41, 5.74) is 1.82. The molecular weight excluding hydrogens is 773 g/mol. The Morgan fingerprint density at radius 3 is 1.14 bits per heavy atom. The zero-order chi connectivity index (χ0) is 46.7. The predicted molar refractivity (Wildman–Crippen MR) is 295 cm³/mol. The van der Waals surface area contributed by atoms with Gasteiger partial charge in [-0.05, 0) is 116 Å². The summed E-state index contributed by atoms with van der Waals surface area (Å²) < 4.78 is 0. The maximum atomic E-state index is 3.79. The van der Waals surface area contributed by atoms with Crippen molar-refractivity contribution >= 4 is 0 Å². The molecule has 0 aromatic rings. The van der Waals surface area contributed by atoms with Crippen LogP contribution in [0.3, 0.4) is 0 Å². The van der Waals surface area contributed by atoms with Gasteiger partial charge in [-0.15, -0.1) is 0 Å². The molecule has 1 N–H and O–H groups in total. The minimum atomic E-state index is 0.792. The third-order valence-corrected chi connectivity index (χ3v) is 14.9. The van der Waals surface area contributed by atoms with Gasteiger partial charge in [0, 0.05) is 0 Å². The molecule has 2 heteroatoms. The SMILES string of the molecule is CCCCCCCCCCCCCCCCCCC(CCCCCCCC=C(CCCCCCCCCC)CCCCCCCCCCC)CC(C)CC(C)CNCCCCN(C)C. The van der Waals surface area contributed by atoms with Crippen LogP contribution in [-0.4, -0.2) is 38.6 Å². The van der Waals surface area contributed by atoms with Crippen LogP contribution in [0.4, 0.5) is 0 Å². The number of rotatable bonds is 55. The first kappa shape index (κ1) is 63.7. The van der Waals surface area contributed by atoms with Gasteiger partial charge in [0.25, 0.3) is 0 Å². The molecule has 0 radical (unpaired) electrons. The van der Waals surface area contributed by atoms with Crippen LogP contribution in [-0.2, 0) is 0 Å². The number of hydrogen-bond acceptors (Lipinski definition) is 2. The molecule has 2 nitrogen and oxygen atoms in total. The molecule has 0 aliphatic rings. The third-order valence-electron chi connectivity index (χ3n) is 14.9. The van der Waals surface area contributed by atoms with Gasteiger partial charge >= 0.3 is 0 Å². The fourth-order valence-corrected chi connectivity index (χ4v) is 10.7. The molecule has 0 aromatic carbocycles. The van der Waals surface area contributed by atoms with Crippen molar-refractivity contribution in [2.24, 2.45) is 17.8 Å². The summed E-state index contributed by atoms with van der Waals surface area (Å²) in [5.74, 6) is 2.61. The van der Waals surface area contributed by atoms with Crippen LogP contribution in [0.2, 0.25) is 0 Å². The summed E-state index contributed by atoms with van der Waals surface area (Å²) in [6.07, 6.45) is 70.6. The van der Waals surface area contributed by atoms with E-state index in [0.29, 0.717) is 0 Å². The first-order chi connectivity index (χ1) is 31.4. The zero-order valence-electron chi connectivity index (χ0n) is 46.1. The van der Waals surface area contributed by atoms with Crippen LogP contribution < -0.4 is 5.32 Å². The number of nitrogens with one attached hydrogen (secondary N) is 1. The average Bonchev–Trinajstić information content (AvgIpc) is 3.27. The van der Waals surface area contributed by atoms with E-state index in [1.165, 1.54) is 321 Å². The minimum Gasteiger partial charge on any atom is -0.316 e. The molecule has 3 atom stereocenters. The second-order valence-electron chi connectivity index (χ2n) is 22.4. The highest BCUT2D eigenvalue weighted by molar-refractivity contribution is 5.02. The summed E-state index contributed by atoms with van der Waals surface area (Å²) in [6, 6.07) is 0. The first-order valence-corrected chi connectivity index (χ1v) is 30.5. The van der Waals surface area contributed by atoms with Crippen molar-refractivity contribution in [3.63, 3.8) is 0 Å². The van der Waals surface area contributed by atoms with Gasteiger partial charge in [0.2, 0.25) is 0 Å².